The summed E-state index contributed by atoms with van der Waals surface area (Å²) in [4.78, 5) is 27.9. The Kier molecular flexibility index (Phi) is 6.90. The van der Waals surface area contributed by atoms with Crippen molar-refractivity contribution in [3.05, 3.63) is 64.7 Å². The van der Waals surface area contributed by atoms with Gasteiger partial charge >= 0.3 is 0 Å². The Morgan fingerprint density at radius 1 is 1.09 bits per heavy atom. The molecule has 1 fully saturated rings. The van der Waals surface area contributed by atoms with Crippen LogP contribution in [0.4, 0.5) is 0 Å². The van der Waals surface area contributed by atoms with Crippen molar-refractivity contribution in [1.82, 2.24) is 4.90 Å². The van der Waals surface area contributed by atoms with Gasteiger partial charge in [-0.1, -0.05) is 45.0 Å². The number of ketones is 1. The summed E-state index contributed by atoms with van der Waals surface area (Å²) in [6.07, 6.45) is 0.656. The van der Waals surface area contributed by atoms with Crippen LogP contribution in [0, 0.1) is 0 Å². The molecule has 35 heavy (non-hydrogen) atoms. The summed E-state index contributed by atoms with van der Waals surface area (Å²) in [5, 5.41) is 11.3. The minimum Gasteiger partial charge on any atom is -0.507 e. The van der Waals surface area contributed by atoms with Gasteiger partial charge in [-0.25, -0.2) is 0 Å². The van der Waals surface area contributed by atoms with Crippen LogP contribution in [-0.4, -0.2) is 47.7 Å². The van der Waals surface area contributed by atoms with Gasteiger partial charge in [0.1, 0.15) is 5.76 Å². The molecule has 4 rings (SSSR count). The van der Waals surface area contributed by atoms with Crippen LogP contribution in [-0.2, 0) is 19.7 Å². The lowest BCUT2D eigenvalue weighted by Crippen LogP contribution is -2.31. The molecule has 2 aliphatic heterocycles. The van der Waals surface area contributed by atoms with Gasteiger partial charge in [0.15, 0.2) is 11.5 Å². The molecule has 2 aromatic carbocycles. The van der Waals surface area contributed by atoms with E-state index in [0.29, 0.717) is 36.6 Å². The van der Waals surface area contributed by atoms with Crippen LogP contribution in [0.3, 0.4) is 0 Å². The third-order valence-corrected chi connectivity index (χ3v) is 6.27. The van der Waals surface area contributed by atoms with E-state index >= 15 is 0 Å². The van der Waals surface area contributed by atoms with E-state index in [9.17, 15) is 14.7 Å². The van der Waals surface area contributed by atoms with Crippen LogP contribution >= 0.6 is 0 Å². The summed E-state index contributed by atoms with van der Waals surface area (Å²) >= 11 is 0. The molecule has 2 aromatic rings. The molecule has 1 amide bonds. The van der Waals surface area contributed by atoms with Crippen molar-refractivity contribution in [2.24, 2.45) is 0 Å². The van der Waals surface area contributed by atoms with Crippen LogP contribution < -0.4 is 9.47 Å². The first-order valence-corrected chi connectivity index (χ1v) is 12.0. The predicted octanol–water partition coefficient (Wildman–Crippen LogP) is 4.95. The van der Waals surface area contributed by atoms with E-state index < -0.39 is 17.7 Å². The molecular weight excluding hydrogens is 446 g/mol. The first-order chi connectivity index (χ1) is 16.6. The fourth-order valence-electron chi connectivity index (χ4n) is 4.38. The molecule has 2 heterocycles. The molecule has 0 radical (unpaired) electrons. The Bertz CT molecular complexity index is 1140. The molecular formula is C28H33NO6. The maximum absolute atomic E-state index is 13.2. The highest BCUT2D eigenvalue weighted by Crippen LogP contribution is 2.41. The van der Waals surface area contributed by atoms with Gasteiger partial charge in [-0.3, -0.25) is 9.59 Å². The molecule has 1 unspecified atom stereocenters. The smallest absolute Gasteiger partial charge is 0.295 e. The number of likely N-dealkylation sites (tertiary alicyclic amines) is 1. The standard InChI is InChI=1S/C28H33NO6/c1-17(2)33-14-6-13-29-24(18-7-10-20(11-8-18)28(3,4)5)23(26(31)27(29)32)25(30)19-9-12-21-22(15-19)35-16-34-21/h7-12,15,17,24,30H,6,13-14,16H2,1-5H3/b25-23-. The number of fused-ring (bicyclic) bond motifs is 1. The van der Waals surface area contributed by atoms with E-state index in [1.165, 1.54) is 4.90 Å². The maximum atomic E-state index is 13.2. The molecule has 0 bridgehead atoms. The number of benzene rings is 2. The van der Waals surface area contributed by atoms with Gasteiger partial charge < -0.3 is 24.2 Å². The highest BCUT2D eigenvalue weighted by atomic mass is 16.7. The summed E-state index contributed by atoms with van der Waals surface area (Å²) < 4.78 is 16.4. The van der Waals surface area contributed by atoms with Crippen molar-refractivity contribution in [3.63, 3.8) is 0 Å². The van der Waals surface area contributed by atoms with E-state index in [0.717, 1.165) is 11.1 Å². The molecule has 1 N–H and O–H groups in total. The van der Waals surface area contributed by atoms with Crippen LogP contribution in [0.25, 0.3) is 5.76 Å². The summed E-state index contributed by atoms with van der Waals surface area (Å²) in [5.41, 5.74) is 2.33. The second kappa shape index (κ2) is 9.74. The Labute approximate surface area is 206 Å². The van der Waals surface area contributed by atoms with Crippen LogP contribution in [0.1, 0.15) is 63.8 Å². The van der Waals surface area contributed by atoms with Gasteiger partial charge in [-0.2, -0.15) is 0 Å². The second-order valence-corrected chi connectivity index (χ2v) is 10.2. The first-order valence-electron chi connectivity index (χ1n) is 12.0. The summed E-state index contributed by atoms with van der Waals surface area (Å²) in [7, 11) is 0. The van der Waals surface area contributed by atoms with Crippen LogP contribution in [0.5, 0.6) is 11.5 Å². The number of aliphatic hydroxyl groups excluding tert-OH is 1. The Morgan fingerprint density at radius 3 is 2.43 bits per heavy atom. The lowest BCUT2D eigenvalue weighted by molar-refractivity contribution is -0.140. The van der Waals surface area contributed by atoms with Gasteiger partial charge in [0.2, 0.25) is 6.79 Å². The third kappa shape index (κ3) is 5.05. The van der Waals surface area contributed by atoms with Gasteiger partial charge in [0, 0.05) is 18.7 Å². The van der Waals surface area contributed by atoms with Crippen molar-refractivity contribution < 1.29 is 28.9 Å². The Balaban J connectivity index is 1.75. The number of carbonyl (C=O) groups excluding carboxylic acids is 2. The summed E-state index contributed by atoms with van der Waals surface area (Å²) in [5.74, 6) is -0.495. The van der Waals surface area contributed by atoms with E-state index in [2.05, 4.69) is 20.8 Å². The maximum Gasteiger partial charge on any atom is 0.295 e. The van der Waals surface area contributed by atoms with Gasteiger partial charge in [0.05, 0.1) is 17.7 Å². The van der Waals surface area contributed by atoms with Gasteiger partial charge in [0.25, 0.3) is 11.7 Å². The zero-order valence-electron chi connectivity index (χ0n) is 21.0. The SMILES string of the molecule is CC(C)OCCCN1C(=O)C(=O)/C(=C(\O)c2ccc3c(c2)OCO3)C1c1ccc(C(C)(C)C)cc1. The molecule has 1 atom stereocenters. The molecule has 2 aliphatic rings. The molecule has 0 aromatic heterocycles. The van der Waals surface area contributed by atoms with Gasteiger partial charge in [-0.05, 0) is 55.0 Å². The lowest BCUT2D eigenvalue weighted by Gasteiger charge is -2.26. The van der Waals surface area contributed by atoms with Crippen LogP contribution in [0.2, 0.25) is 0 Å². The first kappa shape index (κ1) is 24.8. The average Bonchev–Trinajstić information content (AvgIpc) is 3.38. The molecule has 0 saturated carbocycles. The molecule has 7 heteroatoms. The monoisotopic (exact) mass is 479 g/mol. The topological polar surface area (TPSA) is 85.3 Å². The van der Waals surface area contributed by atoms with E-state index in [1.54, 1.807) is 18.2 Å². The number of nitrogens with zero attached hydrogens (tertiary/aromatic N) is 1. The number of hydrogen-bond donors (Lipinski definition) is 1. The zero-order chi connectivity index (χ0) is 25.3. The number of ether oxygens (including phenoxy) is 3. The quantitative estimate of drug-likeness (QED) is 0.262. The summed E-state index contributed by atoms with van der Waals surface area (Å²) in [6, 6.07) is 12.2. The molecule has 0 aliphatic carbocycles. The predicted molar refractivity (Wildman–Crippen MR) is 132 cm³/mol. The number of hydrogen-bond acceptors (Lipinski definition) is 6. The van der Waals surface area contributed by atoms with Crippen LogP contribution in [0.15, 0.2) is 48.0 Å². The van der Waals surface area contributed by atoms with Crippen molar-refractivity contribution in [1.29, 1.82) is 0 Å². The second-order valence-electron chi connectivity index (χ2n) is 10.2. The third-order valence-electron chi connectivity index (χ3n) is 6.27. The minimum atomic E-state index is -0.700. The fraction of sp³-hybridized carbons (Fsp3) is 0.429. The molecule has 1 saturated heterocycles. The molecule has 7 nitrogen and oxygen atoms in total. The number of aliphatic hydroxyl groups is 1. The summed E-state index contributed by atoms with van der Waals surface area (Å²) in [6.45, 7) is 11.2. The zero-order valence-corrected chi connectivity index (χ0v) is 21.0. The Morgan fingerprint density at radius 2 is 1.77 bits per heavy atom. The van der Waals surface area contributed by atoms with Crippen molar-refractivity contribution >= 4 is 17.4 Å². The molecule has 186 valence electrons. The largest absolute Gasteiger partial charge is 0.507 e. The van der Waals surface area contributed by atoms with Crippen molar-refractivity contribution in [3.8, 4) is 11.5 Å². The number of carbonyl (C=O) groups is 2. The number of rotatable bonds is 7. The lowest BCUT2D eigenvalue weighted by atomic mass is 9.85. The van der Waals surface area contributed by atoms with E-state index in [-0.39, 0.29) is 29.6 Å². The van der Waals surface area contributed by atoms with E-state index in [4.69, 9.17) is 14.2 Å². The highest BCUT2D eigenvalue weighted by molar-refractivity contribution is 6.46. The van der Waals surface area contributed by atoms with E-state index in [1.807, 2.05) is 38.1 Å². The van der Waals surface area contributed by atoms with Crippen molar-refractivity contribution in [2.75, 3.05) is 19.9 Å². The number of Topliss-reactive ketones (excluding diaryl/α,β-unsaturated/α-hetero) is 1. The normalized spacial score (nSPS) is 19.1. The molecule has 0 spiro atoms. The van der Waals surface area contributed by atoms with Crippen molar-refractivity contribution in [2.45, 2.75) is 58.6 Å². The Hall–Kier alpha value is -3.32. The fourth-order valence-corrected chi connectivity index (χ4v) is 4.38. The van der Waals surface area contributed by atoms with Gasteiger partial charge in [-0.15, -0.1) is 0 Å². The minimum absolute atomic E-state index is 0.0407. The number of amides is 1. The highest BCUT2D eigenvalue weighted by Gasteiger charge is 2.46. The average molecular weight is 480 g/mol.